The van der Waals surface area contributed by atoms with E-state index < -0.39 is 0 Å². The molecule has 4 heteroatoms. The van der Waals surface area contributed by atoms with Crippen molar-refractivity contribution in [2.75, 3.05) is 11.1 Å². The largest absolute Gasteiger partial charge is 0.333 e. The summed E-state index contributed by atoms with van der Waals surface area (Å²) >= 11 is 5.32. The Bertz CT molecular complexity index is 465. The highest BCUT2D eigenvalue weighted by molar-refractivity contribution is 9.09. The lowest BCUT2D eigenvalue weighted by Crippen LogP contribution is -1.84. The van der Waals surface area contributed by atoms with E-state index in [1.165, 1.54) is 50.7 Å². The summed E-state index contributed by atoms with van der Waals surface area (Å²) < 4.78 is 0. The van der Waals surface area contributed by atoms with Gasteiger partial charge in [-0.25, -0.2) is 4.98 Å². The van der Waals surface area contributed by atoms with Gasteiger partial charge < -0.3 is 4.98 Å². The Morgan fingerprint density at radius 3 is 2.40 bits per heavy atom. The molecule has 1 aromatic carbocycles. The third kappa shape index (κ3) is 5.49. The molecular formula is C16H23BrN2S. The average molecular weight is 355 g/mol. The first-order valence-electron chi connectivity index (χ1n) is 7.53. The normalized spacial score (nSPS) is 11.2. The van der Waals surface area contributed by atoms with Crippen LogP contribution in [0.15, 0.2) is 29.4 Å². The molecule has 0 aliphatic rings. The molecule has 0 atom stereocenters. The number of thioether (sulfide) groups is 1. The number of rotatable bonds is 10. The van der Waals surface area contributed by atoms with Crippen molar-refractivity contribution in [2.45, 2.75) is 50.1 Å². The van der Waals surface area contributed by atoms with Gasteiger partial charge in [0.05, 0.1) is 11.0 Å². The zero-order valence-electron chi connectivity index (χ0n) is 11.9. The van der Waals surface area contributed by atoms with Crippen molar-refractivity contribution < 1.29 is 0 Å². The Morgan fingerprint density at radius 1 is 0.950 bits per heavy atom. The van der Waals surface area contributed by atoms with Gasteiger partial charge in [0, 0.05) is 11.1 Å². The van der Waals surface area contributed by atoms with Crippen LogP contribution in [0, 0.1) is 0 Å². The SMILES string of the molecule is BrCCCCCCCCCSc1nc2ccccc2[nH]1. The molecule has 2 nitrogen and oxygen atoms in total. The number of halogens is 1. The number of aromatic nitrogens is 2. The maximum absolute atomic E-state index is 4.58. The van der Waals surface area contributed by atoms with Crippen LogP contribution in [-0.4, -0.2) is 21.1 Å². The third-order valence-electron chi connectivity index (χ3n) is 3.38. The Labute approximate surface area is 134 Å². The zero-order valence-corrected chi connectivity index (χ0v) is 14.3. The van der Waals surface area contributed by atoms with Crippen LogP contribution in [0.4, 0.5) is 0 Å². The molecule has 0 aliphatic carbocycles. The molecule has 20 heavy (non-hydrogen) atoms. The Balaban J connectivity index is 1.55. The van der Waals surface area contributed by atoms with E-state index in [1.807, 2.05) is 23.9 Å². The topological polar surface area (TPSA) is 28.7 Å². The summed E-state index contributed by atoms with van der Waals surface area (Å²) in [5.41, 5.74) is 2.21. The number of nitrogens with one attached hydrogen (secondary N) is 1. The summed E-state index contributed by atoms with van der Waals surface area (Å²) in [6, 6.07) is 8.22. The van der Waals surface area contributed by atoms with Crippen LogP contribution in [0.5, 0.6) is 0 Å². The third-order valence-corrected chi connectivity index (χ3v) is 4.90. The van der Waals surface area contributed by atoms with Gasteiger partial charge >= 0.3 is 0 Å². The van der Waals surface area contributed by atoms with Crippen molar-refractivity contribution in [2.24, 2.45) is 0 Å². The van der Waals surface area contributed by atoms with Crippen LogP contribution >= 0.6 is 27.7 Å². The predicted molar refractivity (Wildman–Crippen MR) is 92.9 cm³/mol. The van der Waals surface area contributed by atoms with Crippen molar-refractivity contribution in [3.63, 3.8) is 0 Å². The Hall–Kier alpha value is -0.480. The molecule has 0 fully saturated rings. The number of imidazole rings is 1. The van der Waals surface area contributed by atoms with Gasteiger partial charge in [-0.15, -0.1) is 0 Å². The number of fused-ring (bicyclic) bond motifs is 1. The molecule has 1 heterocycles. The molecule has 0 amide bonds. The van der Waals surface area contributed by atoms with Crippen molar-refractivity contribution >= 4 is 38.7 Å². The van der Waals surface area contributed by atoms with Crippen molar-refractivity contribution in [1.29, 1.82) is 0 Å². The van der Waals surface area contributed by atoms with E-state index in [1.54, 1.807) is 0 Å². The molecular weight excluding hydrogens is 332 g/mol. The maximum atomic E-state index is 4.58. The van der Waals surface area contributed by atoms with Crippen LogP contribution in [0.25, 0.3) is 11.0 Å². The van der Waals surface area contributed by atoms with Gasteiger partial charge in [-0.05, 0) is 25.0 Å². The second-order valence-electron chi connectivity index (χ2n) is 5.07. The van der Waals surface area contributed by atoms with Gasteiger partial charge in [0.15, 0.2) is 5.16 Å². The molecule has 2 rings (SSSR count). The van der Waals surface area contributed by atoms with Crippen LogP contribution in [-0.2, 0) is 0 Å². The highest BCUT2D eigenvalue weighted by Crippen LogP contribution is 2.20. The summed E-state index contributed by atoms with van der Waals surface area (Å²) in [6.45, 7) is 0. The zero-order chi connectivity index (χ0) is 14.0. The van der Waals surface area contributed by atoms with E-state index in [0.717, 1.165) is 21.5 Å². The molecule has 0 radical (unpaired) electrons. The highest BCUT2D eigenvalue weighted by Gasteiger charge is 2.01. The molecule has 0 saturated heterocycles. The van der Waals surface area contributed by atoms with Crippen LogP contribution in [0.2, 0.25) is 0 Å². The van der Waals surface area contributed by atoms with Gasteiger partial charge in [-0.1, -0.05) is 71.9 Å². The maximum Gasteiger partial charge on any atom is 0.166 e. The van der Waals surface area contributed by atoms with Crippen molar-refractivity contribution in [3.05, 3.63) is 24.3 Å². The quantitative estimate of drug-likeness (QED) is 0.332. The van der Waals surface area contributed by atoms with Gasteiger partial charge in [0.2, 0.25) is 0 Å². The second kappa shape index (κ2) is 9.46. The number of alkyl halides is 1. The Kier molecular flexibility index (Phi) is 7.52. The monoisotopic (exact) mass is 354 g/mol. The van der Waals surface area contributed by atoms with Gasteiger partial charge in [-0.2, -0.15) is 0 Å². The number of hydrogen-bond donors (Lipinski definition) is 1. The fourth-order valence-electron chi connectivity index (χ4n) is 2.25. The number of H-pyrrole nitrogens is 1. The summed E-state index contributed by atoms with van der Waals surface area (Å²) in [5, 5.41) is 2.21. The van der Waals surface area contributed by atoms with Crippen molar-refractivity contribution in [3.8, 4) is 0 Å². The number of unbranched alkanes of at least 4 members (excludes halogenated alkanes) is 6. The van der Waals surface area contributed by atoms with E-state index >= 15 is 0 Å². The molecule has 0 unspecified atom stereocenters. The Morgan fingerprint density at radius 2 is 1.65 bits per heavy atom. The van der Waals surface area contributed by atoms with E-state index in [2.05, 4.69) is 38.0 Å². The van der Waals surface area contributed by atoms with Crippen LogP contribution in [0.3, 0.4) is 0 Å². The molecule has 0 spiro atoms. The lowest BCUT2D eigenvalue weighted by molar-refractivity contribution is 0.606. The minimum Gasteiger partial charge on any atom is -0.333 e. The molecule has 0 aliphatic heterocycles. The highest BCUT2D eigenvalue weighted by atomic mass is 79.9. The van der Waals surface area contributed by atoms with E-state index in [4.69, 9.17) is 0 Å². The number of para-hydroxylation sites is 2. The van der Waals surface area contributed by atoms with E-state index in [0.29, 0.717) is 0 Å². The minimum absolute atomic E-state index is 1.06. The standard InChI is InChI=1S/C16H23BrN2S/c17-12-8-4-2-1-3-5-9-13-20-16-18-14-10-6-7-11-15(14)19-16/h6-7,10-11H,1-5,8-9,12-13H2,(H,18,19). The fourth-order valence-corrected chi connectivity index (χ4v) is 3.53. The van der Waals surface area contributed by atoms with Gasteiger partial charge in [0.25, 0.3) is 0 Å². The van der Waals surface area contributed by atoms with Gasteiger partial charge in [-0.3, -0.25) is 0 Å². The summed E-state index contributed by atoms with van der Waals surface area (Å²) in [7, 11) is 0. The average Bonchev–Trinajstić information content (AvgIpc) is 2.88. The number of aromatic amines is 1. The lowest BCUT2D eigenvalue weighted by Gasteiger charge is -2.00. The summed E-state index contributed by atoms with van der Waals surface area (Å²) in [5.74, 6) is 1.17. The summed E-state index contributed by atoms with van der Waals surface area (Å²) in [4.78, 5) is 7.95. The molecule has 0 saturated carbocycles. The first-order chi connectivity index (χ1) is 9.90. The predicted octanol–water partition coefficient (Wildman–Crippen LogP) is 5.78. The molecule has 0 bridgehead atoms. The second-order valence-corrected chi connectivity index (χ2v) is 6.95. The molecule has 2 aromatic rings. The fraction of sp³-hybridized carbons (Fsp3) is 0.562. The smallest absolute Gasteiger partial charge is 0.166 e. The van der Waals surface area contributed by atoms with E-state index in [9.17, 15) is 0 Å². The van der Waals surface area contributed by atoms with Crippen LogP contribution < -0.4 is 0 Å². The summed E-state index contributed by atoms with van der Waals surface area (Å²) in [6.07, 6.45) is 9.50. The van der Waals surface area contributed by atoms with E-state index in [-0.39, 0.29) is 0 Å². The van der Waals surface area contributed by atoms with Crippen LogP contribution in [0.1, 0.15) is 44.9 Å². The molecule has 110 valence electrons. The molecule has 1 N–H and O–H groups in total. The van der Waals surface area contributed by atoms with Crippen molar-refractivity contribution in [1.82, 2.24) is 9.97 Å². The number of benzene rings is 1. The van der Waals surface area contributed by atoms with Gasteiger partial charge in [0.1, 0.15) is 0 Å². The number of hydrogen-bond acceptors (Lipinski definition) is 2. The minimum atomic E-state index is 1.06. The molecule has 1 aromatic heterocycles. The first-order valence-corrected chi connectivity index (χ1v) is 9.64. The first kappa shape index (κ1) is 15.9. The lowest BCUT2D eigenvalue weighted by atomic mass is 10.1. The number of nitrogens with zero attached hydrogens (tertiary/aromatic N) is 1.